The van der Waals surface area contributed by atoms with Gasteiger partial charge in [-0.2, -0.15) is 0 Å². The van der Waals surface area contributed by atoms with E-state index in [1.165, 1.54) is 0 Å². The highest BCUT2D eigenvalue weighted by atomic mass is 16.3. The van der Waals surface area contributed by atoms with Gasteiger partial charge in [-0.1, -0.05) is 38.0 Å². The van der Waals surface area contributed by atoms with Gasteiger partial charge >= 0.3 is 0 Å². The highest BCUT2D eigenvalue weighted by Crippen LogP contribution is 2.27. The Labute approximate surface area is 138 Å². The third kappa shape index (κ3) is 4.58. The largest absolute Gasteiger partial charge is 0.461 e. The van der Waals surface area contributed by atoms with E-state index in [9.17, 15) is 4.79 Å². The molecule has 2 N–H and O–H groups in total. The fourth-order valence-corrected chi connectivity index (χ4v) is 2.90. The molecule has 2 rings (SSSR count). The fourth-order valence-electron chi connectivity index (χ4n) is 2.90. The quantitative estimate of drug-likeness (QED) is 0.715. The van der Waals surface area contributed by atoms with Crippen LogP contribution in [0.2, 0.25) is 0 Å². The highest BCUT2D eigenvalue weighted by Gasteiger charge is 2.16. The molecule has 1 amide bonds. The Hall–Kier alpha value is -1.81. The molecule has 0 radical (unpaired) electrons. The summed E-state index contributed by atoms with van der Waals surface area (Å²) in [6.45, 7) is 3.43. The SMILES string of the molecule is CCc1oc2ccccc2c1CN(C)C(=O)CCCCCCN. The van der Waals surface area contributed by atoms with Crippen molar-refractivity contribution < 1.29 is 9.21 Å². The molecule has 1 heterocycles. The summed E-state index contributed by atoms with van der Waals surface area (Å²) >= 11 is 0. The van der Waals surface area contributed by atoms with E-state index in [1.807, 2.05) is 30.1 Å². The van der Waals surface area contributed by atoms with E-state index in [4.69, 9.17) is 10.2 Å². The van der Waals surface area contributed by atoms with Crippen LogP contribution in [0.1, 0.15) is 50.4 Å². The average Bonchev–Trinajstić information content (AvgIpc) is 2.92. The maximum absolute atomic E-state index is 12.3. The van der Waals surface area contributed by atoms with E-state index in [1.54, 1.807) is 0 Å². The van der Waals surface area contributed by atoms with E-state index in [0.29, 0.717) is 13.0 Å². The summed E-state index contributed by atoms with van der Waals surface area (Å²) in [5.74, 6) is 1.18. The number of aryl methyl sites for hydroxylation is 1. The Morgan fingerprint density at radius 3 is 2.65 bits per heavy atom. The lowest BCUT2D eigenvalue weighted by atomic mass is 10.1. The van der Waals surface area contributed by atoms with Gasteiger partial charge < -0.3 is 15.1 Å². The second-order valence-corrected chi connectivity index (χ2v) is 6.06. The number of carbonyl (C=O) groups excluding carboxylic acids is 1. The van der Waals surface area contributed by atoms with E-state index < -0.39 is 0 Å². The lowest BCUT2D eigenvalue weighted by Crippen LogP contribution is -2.26. The molecular formula is C19H28N2O2. The number of nitrogens with two attached hydrogens (primary N) is 1. The van der Waals surface area contributed by atoms with Gasteiger partial charge in [0.25, 0.3) is 0 Å². The van der Waals surface area contributed by atoms with Crippen molar-refractivity contribution in [3.8, 4) is 0 Å². The first-order valence-electron chi connectivity index (χ1n) is 8.60. The first-order chi connectivity index (χ1) is 11.2. The minimum Gasteiger partial charge on any atom is -0.461 e. The van der Waals surface area contributed by atoms with Gasteiger partial charge in [0, 0.05) is 37.4 Å². The number of hydrogen-bond acceptors (Lipinski definition) is 3. The maximum Gasteiger partial charge on any atom is 0.222 e. The minimum absolute atomic E-state index is 0.199. The van der Waals surface area contributed by atoms with Crippen molar-refractivity contribution in [2.24, 2.45) is 5.73 Å². The normalized spacial score (nSPS) is 11.1. The Morgan fingerprint density at radius 2 is 1.91 bits per heavy atom. The molecule has 2 aromatic rings. The van der Waals surface area contributed by atoms with Crippen LogP contribution in [0.5, 0.6) is 0 Å². The zero-order valence-electron chi connectivity index (χ0n) is 14.3. The summed E-state index contributed by atoms with van der Waals surface area (Å²) in [7, 11) is 1.88. The van der Waals surface area contributed by atoms with Crippen molar-refractivity contribution in [3.63, 3.8) is 0 Å². The number of carbonyl (C=O) groups is 1. The van der Waals surface area contributed by atoms with Crippen molar-refractivity contribution in [3.05, 3.63) is 35.6 Å². The summed E-state index contributed by atoms with van der Waals surface area (Å²) in [4.78, 5) is 14.1. The Kier molecular flexibility index (Phi) is 6.66. The van der Waals surface area contributed by atoms with Gasteiger partial charge in [-0.25, -0.2) is 0 Å². The van der Waals surface area contributed by atoms with Gasteiger partial charge in [-0.05, 0) is 25.5 Å². The summed E-state index contributed by atoms with van der Waals surface area (Å²) in [5, 5.41) is 1.12. The molecule has 0 aliphatic heterocycles. The number of nitrogens with zero attached hydrogens (tertiary/aromatic N) is 1. The number of unbranched alkanes of at least 4 members (excludes halogenated alkanes) is 3. The fraction of sp³-hybridized carbons (Fsp3) is 0.526. The highest BCUT2D eigenvalue weighted by molar-refractivity contribution is 5.83. The molecule has 0 bridgehead atoms. The molecule has 4 heteroatoms. The predicted molar refractivity (Wildman–Crippen MR) is 94.2 cm³/mol. The number of amides is 1. The molecule has 1 aromatic carbocycles. The number of rotatable bonds is 9. The van der Waals surface area contributed by atoms with Gasteiger partial charge in [0.15, 0.2) is 0 Å². The van der Waals surface area contributed by atoms with Crippen molar-refractivity contribution in [2.45, 2.75) is 52.0 Å². The number of fused-ring (bicyclic) bond motifs is 1. The van der Waals surface area contributed by atoms with Crippen LogP contribution in [-0.2, 0) is 17.8 Å². The van der Waals surface area contributed by atoms with Crippen LogP contribution in [-0.4, -0.2) is 24.4 Å². The van der Waals surface area contributed by atoms with Crippen LogP contribution >= 0.6 is 0 Å². The van der Waals surface area contributed by atoms with Crippen LogP contribution in [0.3, 0.4) is 0 Å². The maximum atomic E-state index is 12.3. The molecule has 0 fully saturated rings. The predicted octanol–water partition coefficient (Wildman–Crippen LogP) is 3.86. The van der Waals surface area contributed by atoms with E-state index in [2.05, 4.69) is 13.0 Å². The van der Waals surface area contributed by atoms with Gasteiger partial charge in [-0.3, -0.25) is 4.79 Å². The van der Waals surface area contributed by atoms with Crippen molar-refractivity contribution in [1.82, 2.24) is 4.90 Å². The molecular weight excluding hydrogens is 288 g/mol. The Balaban J connectivity index is 1.97. The van der Waals surface area contributed by atoms with E-state index >= 15 is 0 Å². The van der Waals surface area contributed by atoms with Crippen molar-refractivity contribution >= 4 is 16.9 Å². The standard InChI is InChI=1S/C19H28N2O2/c1-3-17-16(15-10-7-8-11-18(15)23-17)14-21(2)19(22)12-6-4-5-9-13-20/h7-8,10-11H,3-6,9,12-14,20H2,1-2H3. The molecule has 0 aliphatic rings. The first kappa shape index (κ1) is 17.5. The van der Waals surface area contributed by atoms with Crippen molar-refractivity contribution in [1.29, 1.82) is 0 Å². The van der Waals surface area contributed by atoms with E-state index in [-0.39, 0.29) is 5.91 Å². The summed E-state index contributed by atoms with van der Waals surface area (Å²) < 4.78 is 5.90. The van der Waals surface area contributed by atoms with Gasteiger partial charge in [0.1, 0.15) is 11.3 Å². The zero-order chi connectivity index (χ0) is 16.7. The number of benzene rings is 1. The minimum atomic E-state index is 0.199. The number of hydrogen-bond donors (Lipinski definition) is 1. The van der Waals surface area contributed by atoms with Gasteiger partial charge in [0.05, 0.1) is 0 Å². The summed E-state index contributed by atoms with van der Waals surface area (Å²) in [6.07, 6.45) is 5.62. The van der Waals surface area contributed by atoms with Gasteiger partial charge in [-0.15, -0.1) is 0 Å². The summed E-state index contributed by atoms with van der Waals surface area (Å²) in [5.41, 5.74) is 7.53. The van der Waals surface area contributed by atoms with E-state index in [0.717, 1.165) is 60.9 Å². The van der Waals surface area contributed by atoms with Crippen molar-refractivity contribution in [2.75, 3.05) is 13.6 Å². The molecule has 23 heavy (non-hydrogen) atoms. The topological polar surface area (TPSA) is 59.5 Å². The third-order valence-electron chi connectivity index (χ3n) is 4.27. The Morgan fingerprint density at radius 1 is 1.17 bits per heavy atom. The molecule has 0 unspecified atom stereocenters. The van der Waals surface area contributed by atoms with Gasteiger partial charge in [0.2, 0.25) is 5.91 Å². The first-order valence-corrected chi connectivity index (χ1v) is 8.60. The monoisotopic (exact) mass is 316 g/mol. The molecule has 0 saturated carbocycles. The van der Waals surface area contributed by atoms with Crippen LogP contribution in [0.15, 0.2) is 28.7 Å². The lowest BCUT2D eigenvalue weighted by Gasteiger charge is -2.17. The summed E-state index contributed by atoms with van der Waals surface area (Å²) in [6, 6.07) is 8.04. The zero-order valence-corrected chi connectivity index (χ0v) is 14.3. The lowest BCUT2D eigenvalue weighted by molar-refractivity contribution is -0.130. The second-order valence-electron chi connectivity index (χ2n) is 6.06. The molecule has 126 valence electrons. The third-order valence-corrected chi connectivity index (χ3v) is 4.27. The van der Waals surface area contributed by atoms with Crippen LogP contribution in [0, 0.1) is 0 Å². The number of para-hydroxylation sites is 1. The number of furan rings is 1. The van der Waals surface area contributed by atoms with Crippen LogP contribution < -0.4 is 5.73 Å². The Bertz CT molecular complexity index is 633. The second kappa shape index (κ2) is 8.73. The average molecular weight is 316 g/mol. The molecule has 0 saturated heterocycles. The smallest absolute Gasteiger partial charge is 0.222 e. The molecule has 0 atom stereocenters. The molecule has 0 aliphatic carbocycles. The molecule has 1 aromatic heterocycles. The molecule has 0 spiro atoms. The molecule has 4 nitrogen and oxygen atoms in total. The van der Waals surface area contributed by atoms with Crippen LogP contribution in [0.25, 0.3) is 11.0 Å². The van der Waals surface area contributed by atoms with Crippen LogP contribution in [0.4, 0.5) is 0 Å².